The number of piperidine rings is 1. The minimum Gasteiger partial charge on any atom is -0.494 e. The van der Waals surface area contributed by atoms with E-state index in [0.29, 0.717) is 6.04 Å². The fourth-order valence-corrected chi connectivity index (χ4v) is 2.94. The Labute approximate surface area is 142 Å². The number of benzene rings is 1. The van der Waals surface area contributed by atoms with Crippen LogP contribution in [0.25, 0.3) is 0 Å². The van der Waals surface area contributed by atoms with Crippen LogP contribution in [0.15, 0.2) is 42.7 Å². The second kappa shape index (κ2) is 8.13. The van der Waals surface area contributed by atoms with E-state index in [1.807, 2.05) is 24.4 Å². The summed E-state index contributed by atoms with van der Waals surface area (Å²) in [6, 6.07) is 8.80. The summed E-state index contributed by atoms with van der Waals surface area (Å²) in [5.41, 5.74) is 1.88. The van der Waals surface area contributed by atoms with Gasteiger partial charge in [0.1, 0.15) is 17.3 Å². The van der Waals surface area contributed by atoms with Gasteiger partial charge in [0.2, 0.25) is 0 Å². The van der Waals surface area contributed by atoms with Crippen LogP contribution >= 0.6 is 12.4 Å². The van der Waals surface area contributed by atoms with Crippen molar-refractivity contribution in [3.05, 3.63) is 48.5 Å². The van der Waals surface area contributed by atoms with E-state index in [0.717, 1.165) is 43.1 Å². The molecule has 1 aromatic heterocycles. The minimum absolute atomic E-state index is 0. The number of halogens is 2. The maximum absolute atomic E-state index is 13.3. The van der Waals surface area contributed by atoms with E-state index in [4.69, 9.17) is 4.74 Å². The van der Waals surface area contributed by atoms with Gasteiger partial charge < -0.3 is 15.0 Å². The Hall–Kier alpha value is -1.85. The fraction of sp³-hybridized carbons (Fsp3) is 0.353. The number of methoxy groups -OCH3 is 1. The van der Waals surface area contributed by atoms with Crippen molar-refractivity contribution in [2.24, 2.45) is 0 Å². The zero-order valence-electron chi connectivity index (χ0n) is 13.0. The molecule has 124 valence electrons. The first-order valence-electron chi connectivity index (χ1n) is 7.53. The van der Waals surface area contributed by atoms with Gasteiger partial charge in [-0.2, -0.15) is 0 Å². The largest absolute Gasteiger partial charge is 0.494 e. The molecule has 0 radical (unpaired) electrons. The van der Waals surface area contributed by atoms with Gasteiger partial charge in [-0.25, -0.2) is 4.39 Å². The van der Waals surface area contributed by atoms with Crippen LogP contribution in [-0.4, -0.2) is 31.2 Å². The highest BCUT2D eigenvalue weighted by molar-refractivity contribution is 5.85. The molecule has 0 saturated carbocycles. The van der Waals surface area contributed by atoms with E-state index >= 15 is 0 Å². The van der Waals surface area contributed by atoms with Crippen molar-refractivity contribution in [1.29, 1.82) is 0 Å². The van der Waals surface area contributed by atoms with E-state index in [9.17, 15) is 4.39 Å². The number of hydrogen-bond donors (Lipinski definition) is 1. The predicted octanol–water partition coefficient (Wildman–Crippen LogP) is 3.54. The summed E-state index contributed by atoms with van der Waals surface area (Å²) >= 11 is 0. The third-order valence-corrected chi connectivity index (χ3v) is 4.02. The van der Waals surface area contributed by atoms with Crippen LogP contribution in [-0.2, 0) is 0 Å². The Bertz CT molecular complexity index is 617. The maximum atomic E-state index is 13.3. The van der Waals surface area contributed by atoms with Crippen molar-refractivity contribution in [3.63, 3.8) is 0 Å². The van der Waals surface area contributed by atoms with Gasteiger partial charge in [0.15, 0.2) is 0 Å². The van der Waals surface area contributed by atoms with Crippen molar-refractivity contribution in [2.45, 2.75) is 18.9 Å². The van der Waals surface area contributed by atoms with Crippen molar-refractivity contribution < 1.29 is 9.13 Å². The summed E-state index contributed by atoms with van der Waals surface area (Å²) in [4.78, 5) is 6.46. The molecular weight excluding hydrogens is 317 g/mol. The van der Waals surface area contributed by atoms with Crippen molar-refractivity contribution >= 4 is 23.8 Å². The number of aromatic nitrogens is 1. The third kappa shape index (κ3) is 3.92. The molecule has 2 heterocycles. The normalized spacial score (nSPS) is 14.9. The quantitative estimate of drug-likeness (QED) is 0.926. The first kappa shape index (κ1) is 17.5. The lowest BCUT2D eigenvalue weighted by Gasteiger charge is -2.36. The van der Waals surface area contributed by atoms with E-state index in [2.05, 4.69) is 15.2 Å². The predicted molar refractivity (Wildman–Crippen MR) is 92.5 cm³/mol. The maximum Gasteiger partial charge on any atom is 0.145 e. The zero-order valence-corrected chi connectivity index (χ0v) is 13.9. The van der Waals surface area contributed by atoms with E-state index in [-0.39, 0.29) is 18.2 Å². The van der Waals surface area contributed by atoms with E-state index in [1.54, 1.807) is 13.3 Å². The third-order valence-electron chi connectivity index (χ3n) is 4.02. The Morgan fingerprint density at radius 3 is 2.52 bits per heavy atom. The molecule has 0 amide bonds. The van der Waals surface area contributed by atoms with Gasteiger partial charge in [0, 0.05) is 24.0 Å². The van der Waals surface area contributed by atoms with Gasteiger partial charge in [-0.05, 0) is 50.2 Å². The SMILES string of the molecule is COc1ccncc1N(c1ccc(F)cc1)C1CCNCC1.Cl. The molecule has 1 aliphatic rings. The molecule has 23 heavy (non-hydrogen) atoms. The molecule has 1 fully saturated rings. The van der Waals surface area contributed by atoms with Gasteiger partial charge in [0.05, 0.1) is 13.3 Å². The van der Waals surface area contributed by atoms with Gasteiger partial charge >= 0.3 is 0 Å². The number of anilines is 2. The Morgan fingerprint density at radius 2 is 1.87 bits per heavy atom. The average molecular weight is 338 g/mol. The van der Waals surface area contributed by atoms with E-state index < -0.39 is 0 Å². The zero-order chi connectivity index (χ0) is 15.4. The summed E-state index contributed by atoms with van der Waals surface area (Å²) in [6.45, 7) is 1.95. The molecule has 4 nitrogen and oxygen atoms in total. The summed E-state index contributed by atoms with van der Waals surface area (Å²) < 4.78 is 18.8. The van der Waals surface area contributed by atoms with Crippen LogP contribution in [0.2, 0.25) is 0 Å². The Kier molecular flexibility index (Phi) is 6.19. The van der Waals surface area contributed by atoms with Gasteiger partial charge in [-0.1, -0.05) is 0 Å². The summed E-state index contributed by atoms with van der Waals surface area (Å²) in [5, 5.41) is 3.38. The van der Waals surface area contributed by atoms with Crippen molar-refractivity contribution in [1.82, 2.24) is 10.3 Å². The van der Waals surface area contributed by atoms with Crippen molar-refractivity contribution in [3.8, 4) is 5.75 Å². The molecule has 1 aromatic carbocycles. The average Bonchev–Trinajstić information content (AvgIpc) is 2.58. The van der Waals surface area contributed by atoms with Gasteiger partial charge in [0.25, 0.3) is 0 Å². The first-order chi connectivity index (χ1) is 10.8. The second-order valence-corrected chi connectivity index (χ2v) is 5.38. The molecule has 0 unspecified atom stereocenters. The number of nitrogens with one attached hydrogen (secondary N) is 1. The molecule has 3 rings (SSSR count). The molecule has 0 bridgehead atoms. The molecule has 1 aliphatic heterocycles. The Balaban J connectivity index is 0.00000192. The Morgan fingerprint density at radius 1 is 1.17 bits per heavy atom. The van der Waals surface area contributed by atoms with Crippen LogP contribution in [0, 0.1) is 5.82 Å². The smallest absolute Gasteiger partial charge is 0.145 e. The van der Waals surface area contributed by atoms with Gasteiger partial charge in [-0.15, -0.1) is 12.4 Å². The fourth-order valence-electron chi connectivity index (χ4n) is 2.94. The van der Waals surface area contributed by atoms with Crippen LogP contribution in [0.3, 0.4) is 0 Å². The topological polar surface area (TPSA) is 37.4 Å². The van der Waals surface area contributed by atoms with E-state index in [1.165, 1.54) is 12.1 Å². The number of hydrogen-bond acceptors (Lipinski definition) is 4. The lowest BCUT2D eigenvalue weighted by Crippen LogP contribution is -2.41. The highest BCUT2D eigenvalue weighted by atomic mass is 35.5. The number of nitrogens with zero attached hydrogens (tertiary/aromatic N) is 2. The molecule has 6 heteroatoms. The lowest BCUT2D eigenvalue weighted by molar-refractivity contribution is 0.408. The second-order valence-electron chi connectivity index (χ2n) is 5.38. The molecular formula is C17H21ClFN3O. The number of ether oxygens (including phenoxy) is 1. The van der Waals surface area contributed by atoms with Crippen LogP contribution < -0.4 is 15.0 Å². The van der Waals surface area contributed by atoms with Crippen LogP contribution in [0.4, 0.5) is 15.8 Å². The molecule has 0 atom stereocenters. The lowest BCUT2D eigenvalue weighted by atomic mass is 10.0. The standard InChI is InChI=1S/C17H20FN3O.ClH/c1-22-17-8-11-20-12-16(17)21(15-6-9-19-10-7-15)14-4-2-13(18)3-5-14;/h2-5,8,11-12,15,19H,6-7,9-10H2,1H3;1H. The summed E-state index contributed by atoms with van der Waals surface area (Å²) in [6.07, 6.45) is 5.57. The summed E-state index contributed by atoms with van der Waals surface area (Å²) in [7, 11) is 1.66. The van der Waals surface area contributed by atoms with Crippen molar-refractivity contribution in [2.75, 3.05) is 25.1 Å². The highest BCUT2D eigenvalue weighted by Gasteiger charge is 2.25. The molecule has 2 aromatic rings. The van der Waals surface area contributed by atoms with Crippen LogP contribution in [0.5, 0.6) is 5.75 Å². The molecule has 0 aliphatic carbocycles. The molecule has 1 N–H and O–H groups in total. The summed E-state index contributed by atoms with van der Waals surface area (Å²) in [5.74, 6) is 0.546. The minimum atomic E-state index is -0.229. The highest BCUT2D eigenvalue weighted by Crippen LogP contribution is 2.36. The first-order valence-corrected chi connectivity index (χ1v) is 7.53. The molecule has 1 saturated heterocycles. The number of rotatable bonds is 4. The monoisotopic (exact) mass is 337 g/mol. The van der Waals surface area contributed by atoms with Crippen LogP contribution in [0.1, 0.15) is 12.8 Å². The number of pyridine rings is 1. The molecule has 0 spiro atoms. The van der Waals surface area contributed by atoms with Gasteiger partial charge in [-0.3, -0.25) is 4.98 Å².